The molecule has 19 heavy (non-hydrogen) atoms. The molecule has 0 atom stereocenters. The van der Waals surface area contributed by atoms with E-state index in [1.807, 2.05) is 5.32 Å². The van der Waals surface area contributed by atoms with Crippen molar-refractivity contribution in [2.45, 2.75) is 27.3 Å². The fourth-order valence-electron chi connectivity index (χ4n) is 1.35. The first-order valence-corrected chi connectivity index (χ1v) is 5.50. The molecule has 0 saturated heterocycles. The number of hydrogen-bond donors (Lipinski definition) is 1. The molecule has 102 valence electrons. The molecular formula is C12H14N2O5. The van der Waals surface area contributed by atoms with Crippen molar-refractivity contribution < 1.29 is 23.6 Å². The first-order chi connectivity index (χ1) is 8.81. The second kappa shape index (κ2) is 5.94. The molecule has 0 bridgehead atoms. The van der Waals surface area contributed by atoms with Gasteiger partial charge in [0.05, 0.1) is 6.54 Å². The van der Waals surface area contributed by atoms with Gasteiger partial charge < -0.3 is 4.42 Å². The second-order valence-corrected chi connectivity index (χ2v) is 3.91. The summed E-state index contributed by atoms with van der Waals surface area (Å²) in [6.07, 6.45) is 0. The number of amides is 4. The number of urea groups is 1. The largest absolute Gasteiger partial charge is 0.456 e. The van der Waals surface area contributed by atoms with E-state index in [-0.39, 0.29) is 23.8 Å². The maximum absolute atomic E-state index is 11.6. The Kier molecular flexibility index (Phi) is 4.57. The van der Waals surface area contributed by atoms with Crippen molar-refractivity contribution in [1.29, 1.82) is 0 Å². The molecule has 0 unspecified atom stereocenters. The van der Waals surface area contributed by atoms with Gasteiger partial charge in [0.15, 0.2) is 11.5 Å². The third kappa shape index (κ3) is 4.06. The van der Waals surface area contributed by atoms with Crippen LogP contribution in [-0.2, 0) is 16.1 Å². The molecule has 1 rings (SSSR count). The molecule has 0 radical (unpaired) electrons. The number of ketones is 1. The monoisotopic (exact) mass is 266 g/mol. The van der Waals surface area contributed by atoms with Crippen LogP contribution in [-0.4, -0.2) is 28.5 Å². The third-order valence-corrected chi connectivity index (χ3v) is 2.23. The van der Waals surface area contributed by atoms with Gasteiger partial charge in [0.2, 0.25) is 11.8 Å². The van der Waals surface area contributed by atoms with E-state index < -0.39 is 17.8 Å². The Bertz CT molecular complexity index is 532. The maximum Gasteiger partial charge on any atom is 0.331 e. The van der Waals surface area contributed by atoms with E-state index >= 15 is 0 Å². The van der Waals surface area contributed by atoms with E-state index in [9.17, 15) is 19.2 Å². The summed E-state index contributed by atoms with van der Waals surface area (Å²) >= 11 is 0. The number of rotatable bonds is 3. The summed E-state index contributed by atoms with van der Waals surface area (Å²) in [5.41, 5.74) is 0. The summed E-state index contributed by atoms with van der Waals surface area (Å²) in [5, 5.41) is 1.99. The lowest BCUT2D eigenvalue weighted by molar-refractivity contribution is -0.126. The lowest BCUT2D eigenvalue weighted by Gasteiger charge is -2.17. The average Bonchev–Trinajstić information content (AvgIpc) is 2.72. The summed E-state index contributed by atoms with van der Waals surface area (Å²) in [5.74, 6) is -0.946. The number of hydrogen-bond acceptors (Lipinski definition) is 5. The summed E-state index contributed by atoms with van der Waals surface area (Å²) < 4.78 is 5.17. The van der Waals surface area contributed by atoms with Gasteiger partial charge >= 0.3 is 6.03 Å². The number of nitrogens with one attached hydrogen (secondary N) is 1. The van der Waals surface area contributed by atoms with Crippen LogP contribution in [0.2, 0.25) is 0 Å². The second-order valence-electron chi connectivity index (χ2n) is 3.91. The van der Waals surface area contributed by atoms with Crippen molar-refractivity contribution in [3.05, 3.63) is 23.7 Å². The standard InChI is InChI=1S/C12H14N2O5/c1-7(15)11-5-4-10(19-11)6-14(9(3)17)12(18)13-8(2)16/h4-5H,6H2,1-3H3,(H,13,16,18). The minimum atomic E-state index is -0.833. The van der Waals surface area contributed by atoms with Gasteiger partial charge in [-0.3, -0.25) is 24.6 Å². The number of furan rings is 1. The summed E-state index contributed by atoms with van der Waals surface area (Å²) in [7, 11) is 0. The summed E-state index contributed by atoms with van der Waals surface area (Å²) in [6.45, 7) is 3.54. The van der Waals surface area contributed by atoms with E-state index in [2.05, 4.69) is 0 Å². The van der Waals surface area contributed by atoms with Crippen LogP contribution in [0.3, 0.4) is 0 Å². The topological polar surface area (TPSA) is 96.7 Å². The molecule has 4 amide bonds. The van der Waals surface area contributed by atoms with Gasteiger partial charge in [-0.25, -0.2) is 4.79 Å². The Balaban J connectivity index is 2.83. The fourth-order valence-corrected chi connectivity index (χ4v) is 1.35. The molecule has 1 aromatic rings. The first kappa shape index (κ1) is 14.6. The lowest BCUT2D eigenvalue weighted by Crippen LogP contribution is -2.43. The molecule has 7 heteroatoms. The van der Waals surface area contributed by atoms with Crippen molar-refractivity contribution in [1.82, 2.24) is 10.2 Å². The number of Topliss-reactive ketones (excluding diaryl/α,β-unsaturated/α-hetero) is 1. The minimum Gasteiger partial charge on any atom is -0.456 e. The Labute approximate surface area is 109 Å². The quantitative estimate of drug-likeness (QED) is 0.826. The molecular weight excluding hydrogens is 252 g/mol. The van der Waals surface area contributed by atoms with E-state index in [0.29, 0.717) is 0 Å². The lowest BCUT2D eigenvalue weighted by atomic mass is 10.3. The zero-order valence-electron chi connectivity index (χ0n) is 10.9. The normalized spacial score (nSPS) is 9.84. The molecule has 1 N–H and O–H groups in total. The number of nitrogens with zero attached hydrogens (tertiary/aromatic N) is 1. The smallest absolute Gasteiger partial charge is 0.331 e. The van der Waals surface area contributed by atoms with E-state index in [1.165, 1.54) is 26.0 Å². The minimum absolute atomic E-state index is 0.144. The van der Waals surface area contributed by atoms with Gasteiger partial charge in [-0.15, -0.1) is 0 Å². The third-order valence-electron chi connectivity index (χ3n) is 2.23. The molecule has 0 aromatic carbocycles. The van der Waals surface area contributed by atoms with Crippen molar-refractivity contribution in [3.63, 3.8) is 0 Å². The Morgan fingerprint density at radius 2 is 1.79 bits per heavy atom. The zero-order chi connectivity index (χ0) is 14.6. The van der Waals surface area contributed by atoms with Crippen LogP contribution in [0.5, 0.6) is 0 Å². The number of imide groups is 2. The van der Waals surface area contributed by atoms with Gasteiger partial charge in [0, 0.05) is 20.8 Å². The summed E-state index contributed by atoms with van der Waals surface area (Å²) in [4.78, 5) is 45.6. The van der Waals surface area contributed by atoms with Gasteiger partial charge in [0.1, 0.15) is 5.76 Å². The van der Waals surface area contributed by atoms with Gasteiger partial charge in [0.25, 0.3) is 0 Å². The first-order valence-electron chi connectivity index (χ1n) is 5.50. The highest BCUT2D eigenvalue weighted by Gasteiger charge is 2.21. The van der Waals surface area contributed by atoms with Crippen molar-refractivity contribution >= 4 is 23.6 Å². The molecule has 0 spiro atoms. The van der Waals surface area contributed by atoms with Crippen LogP contribution in [0.25, 0.3) is 0 Å². The molecule has 0 saturated carbocycles. The Morgan fingerprint density at radius 3 is 2.21 bits per heavy atom. The molecule has 0 aliphatic rings. The van der Waals surface area contributed by atoms with Crippen LogP contribution < -0.4 is 5.32 Å². The van der Waals surface area contributed by atoms with Crippen LogP contribution >= 0.6 is 0 Å². The van der Waals surface area contributed by atoms with E-state index in [1.54, 1.807) is 0 Å². The van der Waals surface area contributed by atoms with Gasteiger partial charge in [-0.2, -0.15) is 0 Å². The molecule has 7 nitrogen and oxygen atoms in total. The van der Waals surface area contributed by atoms with Crippen LogP contribution in [0.15, 0.2) is 16.5 Å². The zero-order valence-corrected chi connectivity index (χ0v) is 10.9. The van der Waals surface area contributed by atoms with Crippen molar-refractivity contribution in [2.24, 2.45) is 0 Å². The van der Waals surface area contributed by atoms with Crippen LogP contribution in [0.1, 0.15) is 37.1 Å². The Morgan fingerprint density at radius 1 is 1.16 bits per heavy atom. The molecule has 0 fully saturated rings. The molecule has 0 aliphatic heterocycles. The SMILES string of the molecule is CC(=O)NC(=O)N(Cc1ccc(C(C)=O)o1)C(C)=O. The predicted octanol–water partition coefficient (Wildman–Crippen LogP) is 1.09. The highest BCUT2D eigenvalue weighted by molar-refractivity contribution is 6.00. The molecule has 1 aromatic heterocycles. The van der Waals surface area contributed by atoms with E-state index in [4.69, 9.17) is 4.42 Å². The highest BCUT2D eigenvalue weighted by atomic mass is 16.3. The highest BCUT2D eigenvalue weighted by Crippen LogP contribution is 2.11. The fraction of sp³-hybridized carbons (Fsp3) is 0.333. The molecule has 0 aliphatic carbocycles. The van der Waals surface area contributed by atoms with Crippen molar-refractivity contribution in [3.8, 4) is 0 Å². The average molecular weight is 266 g/mol. The van der Waals surface area contributed by atoms with Gasteiger partial charge in [-0.05, 0) is 12.1 Å². The number of carbonyl (C=O) groups excluding carboxylic acids is 4. The van der Waals surface area contributed by atoms with Gasteiger partial charge in [-0.1, -0.05) is 0 Å². The van der Waals surface area contributed by atoms with Crippen LogP contribution in [0, 0.1) is 0 Å². The maximum atomic E-state index is 11.6. The van der Waals surface area contributed by atoms with Crippen molar-refractivity contribution in [2.75, 3.05) is 0 Å². The summed E-state index contributed by atoms with van der Waals surface area (Å²) in [6, 6.07) is 2.12. The number of carbonyl (C=O) groups is 4. The predicted molar refractivity (Wildman–Crippen MR) is 64.1 cm³/mol. The van der Waals surface area contributed by atoms with Crippen LogP contribution in [0.4, 0.5) is 4.79 Å². The molecule has 1 heterocycles. The Hall–Kier alpha value is -2.44. The van der Waals surface area contributed by atoms with E-state index in [0.717, 1.165) is 11.8 Å².